The van der Waals surface area contributed by atoms with Crippen LogP contribution in [-0.2, 0) is 4.79 Å². The molecule has 110 valence electrons. The summed E-state index contributed by atoms with van der Waals surface area (Å²) in [7, 11) is 0. The van der Waals surface area contributed by atoms with Gasteiger partial charge in [0.1, 0.15) is 13.2 Å². The van der Waals surface area contributed by atoms with Crippen molar-refractivity contribution < 1.29 is 14.3 Å². The van der Waals surface area contributed by atoms with Crippen molar-refractivity contribution in [3.63, 3.8) is 0 Å². The van der Waals surface area contributed by atoms with E-state index in [1.807, 2.05) is 6.26 Å². The molecule has 0 aliphatic carbocycles. The summed E-state index contributed by atoms with van der Waals surface area (Å²) in [6.45, 7) is 0.976. The number of ether oxygens (including phenoxy) is 2. The lowest BCUT2D eigenvalue weighted by Gasteiger charge is -2.20. The Kier molecular flexibility index (Phi) is 5.39. The Morgan fingerprint density at radius 1 is 1.45 bits per heavy atom. The normalized spacial score (nSPS) is 14.8. The summed E-state index contributed by atoms with van der Waals surface area (Å²) in [5.74, 6) is 1.75. The lowest BCUT2D eigenvalue weighted by atomic mass is 10.2. The molecule has 0 spiro atoms. The van der Waals surface area contributed by atoms with Crippen LogP contribution < -0.4 is 20.5 Å². The Morgan fingerprint density at radius 2 is 2.10 bits per heavy atom. The van der Waals surface area contributed by atoms with Gasteiger partial charge in [0.25, 0.3) is 0 Å². The standard InChI is InChI=1S/C13H17ClN2O3S/c1-20-5-2-9(15)13(17)16-10-7-12-11(6-8(10)14)18-3-4-19-12/h6-7,9H,2-5,15H2,1H3,(H,16,17)/t9-/m0/s1. The van der Waals surface area contributed by atoms with Crippen molar-refractivity contribution >= 4 is 35.0 Å². The summed E-state index contributed by atoms with van der Waals surface area (Å²) in [6.07, 6.45) is 2.59. The van der Waals surface area contributed by atoms with E-state index in [1.165, 1.54) is 0 Å². The van der Waals surface area contributed by atoms with Gasteiger partial charge in [0.05, 0.1) is 16.8 Å². The summed E-state index contributed by atoms with van der Waals surface area (Å²) in [5, 5.41) is 3.13. The van der Waals surface area contributed by atoms with Gasteiger partial charge in [-0.1, -0.05) is 11.6 Å². The fourth-order valence-electron chi connectivity index (χ4n) is 1.76. The minimum Gasteiger partial charge on any atom is -0.486 e. The van der Waals surface area contributed by atoms with E-state index in [9.17, 15) is 4.79 Å². The molecule has 1 aliphatic heterocycles. The average molecular weight is 317 g/mol. The van der Waals surface area contributed by atoms with Crippen LogP contribution in [0.1, 0.15) is 6.42 Å². The maximum atomic E-state index is 12.0. The first-order chi connectivity index (χ1) is 9.61. The first-order valence-electron chi connectivity index (χ1n) is 6.26. The lowest BCUT2D eigenvalue weighted by molar-refractivity contribution is -0.117. The first-order valence-corrected chi connectivity index (χ1v) is 8.03. The SMILES string of the molecule is CSCC[C@H](N)C(=O)Nc1cc2c(cc1Cl)OCCO2. The molecule has 7 heteroatoms. The van der Waals surface area contributed by atoms with Crippen LogP contribution in [0.25, 0.3) is 0 Å². The Balaban J connectivity index is 2.07. The van der Waals surface area contributed by atoms with Gasteiger partial charge in [0, 0.05) is 12.1 Å². The zero-order chi connectivity index (χ0) is 14.5. The zero-order valence-electron chi connectivity index (χ0n) is 11.1. The molecule has 0 bridgehead atoms. The number of fused-ring (bicyclic) bond motifs is 1. The van der Waals surface area contributed by atoms with E-state index in [4.69, 9.17) is 26.8 Å². The van der Waals surface area contributed by atoms with Gasteiger partial charge in [-0.3, -0.25) is 4.79 Å². The summed E-state index contributed by atoms with van der Waals surface area (Å²) in [4.78, 5) is 12.0. The molecule has 1 aromatic rings. The minimum absolute atomic E-state index is 0.252. The van der Waals surface area contributed by atoms with Gasteiger partial charge in [-0.2, -0.15) is 11.8 Å². The molecule has 2 rings (SSSR count). The molecule has 1 heterocycles. The molecule has 3 N–H and O–H groups in total. The smallest absolute Gasteiger partial charge is 0.241 e. The highest BCUT2D eigenvalue weighted by Gasteiger charge is 2.18. The van der Waals surface area contributed by atoms with Crippen molar-refractivity contribution in [3.05, 3.63) is 17.2 Å². The third kappa shape index (κ3) is 3.71. The lowest BCUT2D eigenvalue weighted by Crippen LogP contribution is -2.36. The summed E-state index contributed by atoms with van der Waals surface area (Å²) in [6, 6.07) is 2.75. The van der Waals surface area contributed by atoms with Crippen LogP contribution in [-0.4, -0.2) is 37.2 Å². The number of amides is 1. The topological polar surface area (TPSA) is 73.6 Å². The van der Waals surface area contributed by atoms with E-state index < -0.39 is 6.04 Å². The number of anilines is 1. The molecule has 0 radical (unpaired) electrons. The number of hydrogen-bond acceptors (Lipinski definition) is 5. The Hall–Kier alpha value is -1.11. The average Bonchev–Trinajstić information content (AvgIpc) is 2.45. The minimum atomic E-state index is -0.549. The Labute approximate surface area is 127 Å². The quantitative estimate of drug-likeness (QED) is 0.870. The molecular formula is C13H17ClN2O3S. The van der Waals surface area contributed by atoms with Crippen molar-refractivity contribution in [1.82, 2.24) is 0 Å². The largest absolute Gasteiger partial charge is 0.486 e. The molecule has 1 amide bonds. The molecule has 0 saturated heterocycles. The van der Waals surface area contributed by atoms with Crippen LogP contribution >= 0.6 is 23.4 Å². The Morgan fingerprint density at radius 3 is 2.75 bits per heavy atom. The van der Waals surface area contributed by atoms with Gasteiger partial charge >= 0.3 is 0 Å². The maximum Gasteiger partial charge on any atom is 0.241 e. The van der Waals surface area contributed by atoms with E-state index in [-0.39, 0.29) is 5.91 Å². The van der Waals surface area contributed by atoms with Crippen LogP contribution in [0.4, 0.5) is 5.69 Å². The van der Waals surface area contributed by atoms with E-state index in [2.05, 4.69) is 5.32 Å². The van der Waals surface area contributed by atoms with Crippen LogP contribution in [0.2, 0.25) is 5.02 Å². The number of hydrogen-bond donors (Lipinski definition) is 2. The fourth-order valence-corrected chi connectivity index (χ4v) is 2.45. The monoisotopic (exact) mass is 316 g/mol. The Bertz CT molecular complexity index is 499. The fraction of sp³-hybridized carbons (Fsp3) is 0.462. The number of thioether (sulfide) groups is 1. The van der Waals surface area contributed by atoms with Gasteiger partial charge < -0.3 is 20.5 Å². The molecule has 0 saturated carbocycles. The van der Waals surface area contributed by atoms with Crippen molar-refractivity contribution in [2.75, 3.05) is 30.5 Å². The first kappa shape index (κ1) is 15.3. The van der Waals surface area contributed by atoms with Gasteiger partial charge in [-0.25, -0.2) is 0 Å². The predicted octanol–water partition coefficient (Wildman–Crippen LogP) is 2.13. The van der Waals surface area contributed by atoms with Gasteiger partial charge in [0.15, 0.2) is 11.5 Å². The third-order valence-corrected chi connectivity index (χ3v) is 3.82. The van der Waals surface area contributed by atoms with Crippen molar-refractivity contribution in [2.45, 2.75) is 12.5 Å². The molecule has 1 atom stereocenters. The van der Waals surface area contributed by atoms with Gasteiger partial charge in [-0.15, -0.1) is 0 Å². The van der Waals surface area contributed by atoms with E-state index in [1.54, 1.807) is 23.9 Å². The van der Waals surface area contributed by atoms with Crippen LogP contribution in [0, 0.1) is 0 Å². The van der Waals surface area contributed by atoms with E-state index >= 15 is 0 Å². The number of carbonyl (C=O) groups is 1. The third-order valence-electron chi connectivity index (χ3n) is 2.86. The van der Waals surface area contributed by atoms with Crippen molar-refractivity contribution in [2.24, 2.45) is 5.73 Å². The highest BCUT2D eigenvalue weighted by atomic mass is 35.5. The summed E-state index contributed by atoms with van der Waals surface area (Å²) in [5.41, 5.74) is 6.30. The zero-order valence-corrected chi connectivity index (χ0v) is 12.7. The molecule has 0 aromatic heterocycles. The van der Waals surface area contributed by atoms with Gasteiger partial charge in [0.2, 0.25) is 5.91 Å². The number of carbonyl (C=O) groups excluding carboxylic acids is 1. The number of halogens is 1. The second-order valence-corrected chi connectivity index (χ2v) is 5.75. The van der Waals surface area contributed by atoms with E-state index in [0.29, 0.717) is 41.8 Å². The van der Waals surface area contributed by atoms with Crippen molar-refractivity contribution in [3.8, 4) is 11.5 Å². The van der Waals surface area contributed by atoms with Crippen LogP contribution in [0.5, 0.6) is 11.5 Å². The van der Waals surface area contributed by atoms with Crippen LogP contribution in [0.15, 0.2) is 12.1 Å². The molecule has 1 aromatic carbocycles. The number of rotatable bonds is 5. The van der Waals surface area contributed by atoms with Gasteiger partial charge in [-0.05, 0) is 18.4 Å². The van der Waals surface area contributed by atoms with Crippen LogP contribution in [0.3, 0.4) is 0 Å². The predicted molar refractivity (Wildman–Crippen MR) is 82.0 cm³/mol. The highest BCUT2D eigenvalue weighted by Crippen LogP contribution is 2.37. The number of nitrogens with two attached hydrogens (primary N) is 1. The second kappa shape index (κ2) is 7.06. The number of benzene rings is 1. The molecule has 5 nitrogen and oxygen atoms in total. The molecule has 1 aliphatic rings. The molecular weight excluding hydrogens is 300 g/mol. The summed E-state index contributed by atoms with van der Waals surface area (Å²) < 4.78 is 10.9. The summed E-state index contributed by atoms with van der Waals surface area (Å²) >= 11 is 7.77. The molecule has 0 unspecified atom stereocenters. The van der Waals surface area contributed by atoms with E-state index in [0.717, 1.165) is 5.75 Å². The van der Waals surface area contributed by atoms with Crippen molar-refractivity contribution in [1.29, 1.82) is 0 Å². The molecule has 0 fully saturated rings. The molecule has 20 heavy (non-hydrogen) atoms. The maximum absolute atomic E-state index is 12.0. The second-order valence-electron chi connectivity index (χ2n) is 4.35. The number of nitrogens with one attached hydrogen (secondary N) is 1. The highest BCUT2D eigenvalue weighted by molar-refractivity contribution is 7.98.